The number of carbonyl (C=O) groups is 1. The average Bonchev–Trinajstić information content (AvgIpc) is 2.38. The minimum absolute atomic E-state index is 0.0355. The number of phenolic OH excluding ortho intramolecular Hbond substituents is 1. The molecule has 0 spiro atoms. The Bertz CT molecular complexity index is 420. The number of hydrogen-bond donors (Lipinski definition) is 3. The third kappa shape index (κ3) is 3.01. The molecule has 3 N–H and O–H groups in total. The summed E-state index contributed by atoms with van der Waals surface area (Å²) in [5.41, 5.74) is 0.346. The lowest BCUT2D eigenvalue weighted by Crippen LogP contribution is -2.41. The molecule has 1 aromatic rings. The van der Waals surface area contributed by atoms with Crippen LogP contribution in [0, 0.1) is 11.8 Å². The number of para-hydroxylation sites is 1. The Morgan fingerprint density at radius 2 is 2.28 bits per heavy atom. The molecule has 1 amide bonds. The number of hydrogen-bond acceptors (Lipinski definition) is 3. The van der Waals surface area contributed by atoms with Crippen LogP contribution in [-0.2, 0) is 0 Å². The third-order valence-corrected chi connectivity index (χ3v) is 3.64. The maximum absolute atomic E-state index is 11.9. The van der Waals surface area contributed by atoms with Crippen LogP contribution in [0.3, 0.4) is 0 Å². The van der Waals surface area contributed by atoms with Gasteiger partial charge in [-0.2, -0.15) is 0 Å². The normalized spacial score (nSPS) is 23.6. The van der Waals surface area contributed by atoms with Gasteiger partial charge >= 0.3 is 0 Å². The number of amides is 1. The Morgan fingerprint density at radius 1 is 1.50 bits per heavy atom. The minimum Gasteiger partial charge on any atom is -0.507 e. The smallest absolute Gasteiger partial charge is 0.255 e. The Labute approximate surface area is 107 Å². The number of rotatable bonds is 3. The maximum Gasteiger partial charge on any atom is 0.255 e. The monoisotopic (exact) mass is 248 g/mol. The SMILES string of the molecule is CC1CNCCC1CNC(=O)c1ccccc1O. The van der Waals surface area contributed by atoms with Gasteiger partial charge in [-0.3, -0.25) is 4.79 Å². The number of phenols is 1. The van der Waals surface area contributed by atoms with E-state index in [2.05, 4.69) is 17.6 Å². The molecule has 0 saturated carbocycles. The van der Waals surface area contributed by atoms with Crippen LogP contribution < -0.4 is 10.6 Å². The van der Waals surface area contributed by atoms with E-state index < -0.39 is 0 Å². The van der Waals surface area contributed by atoms with Gasteiger partial charge in [0.2, 0.25) is 0 Å². The molecule has 1 fully saturated rings. The van der Waals surface area contributed by atoms with E-state index in [0.29, 0.717) is 23.9 Å². The van der Waals surface area contributed by atoms with Crippen molar-refractivity contribution in [2.75, 3.05) is 19.6 Å². The molecule has 18 heavy (non-hydrogen) atoms. The predicted molar refractivity (Wildman–Crippen MR) is 70.6 cm³/mol. The highest BCUT2D eigenvalue weighted by Gasteiger charge is 2.21. The van der Waals surface area contributed by atoms with Crippen LogP contribution in [0.25, 0.3) is 0 Å². The Balaban J connectivity index is 1.90. The maximum atomic E-state index is 11.9. The first kappa shape index (κ1) is 12.9. The first-order valence-electron chi connectivity index (χ1n) is 6.45. The van der Waals surface area contributed by atoms with Gasteiger partial charge in [-0.05, 0) is 43.5 Å². The number of carbonyl (C=O) groups excluding carboxylic acids is 1. The van der Waals surface area contributed by atoms with E-state index in [-0.39, 0.29) is 11.7 Å². The lowest BCUT2D eigenvalue weighted by Gasteiger charge is -2.29. The van der Waals surface area contributed by atoms with Gasteiger partial charge in [0.1, 0.15) is 5.75 Å². The van der Waals surface area contributed by atoms with Crippen molar-refractivity contribution in [3.8, 4) is 5.75 Å². The van der Waals surface area contributed by atoms with Gasteiger partial charge in [0.15, 0.2) is 0 Å². The molecule has 0 radical (unpaired) electrons. The second kappa shape index (κ2) is 5.87. The molecule has 2 atom stereocenters. The lowest BCUT2D eigenvalue weighted by atomic mass is 9.88. The van der Waals surface area contributed by atoms with E-state index in [4.69, 9.17) is 0 Å². The second-order valence-electron chi connectivity index (χ2n) is 4.96. The molecular formula is C14H20N2O2. The lowest BCUT2D eigenvalue weighted by molar-refractivity contribution is 0.0935. The van der Waals surface area contributed by atoms with Crippen molar-refractivity contribution in [3.63, 3.8) is 0 Å². The summed E-state index contributed by atoms with van der Waals surface area (Å²) < 4.78 is 0. The van der Waals surface area contributed by atoms with Crippen molar-refractivity contribution in [3.05, 3.63) is 29.8 Å². The molecule has 4 nitrogen and oxygen atoms in total. The van der Waals surface area contributed by atoms with E-state index in [9.17, 15) is 9.90 Å². The van der Waals surface area contributed by atoms with Crippen LogP contribution in [0.1, 0.15) is 23.7 Å². The summed E-state index contributed by atoms with van der Waals surface area (Å²) in [4.78, 5) is 11.9. The van der Waals surface area contributed by atoms with Crippen LogP contribution in [0.15, 0.2) is 24.3 Å². The summed E-state index contributed by atoms with van der Waals surface area (Å²) in [7, 11) is 0. The van der Waals surface area contributed by atoms with Crippen LogP contribution in [0.5, 0.6) is 5.75 Å². The molecule has 1 saturated heterocycles. The molecule has 0 bridgehead atoms. The Morgan fingerprint density at radius 3 is 3.00 bits per heavy atom. The van der Waals surface area contributed by atoms with Gasteiger partial charge in [0.05, 0.1) is 5.56 Å². The zero-order chi connectivity index (χ0) is 13.0. The molecule has 1 aliphatic heterocycles. The molecular weight excluding hydrogens is 228 g/mol. The zero-order valence-electron chi connectivity index (χ0n) is 10.6. The van der Waals surface area contributed by atoms with Crippen molar-refractivity contribution in [1.82, 2.24) is 10.6 Å². The van der Waals surface area contributed by atoms with E-state index >= 15 is 0 Å². The van der Waals surface area contributed by atoms with Gasteiger partial charge < -0.3 is 15.7 Å². The molecule has 98 valence electrons. The number of aromatic hydroxyl groups is 1. The number of nitrogens with one attached hydrogen (secondary N) is 2. The van der Waals surface area contributed by atoms with Crippen molar-refractivity contribution in [2.45, 2.75) is 13.3 Å². The predicted octanol–water partition coefficient (Wildman–Crippen LogP) is 1.37. The third-order valence-electron chi connectivity index (χ3n) is 3.64. The first-order chi connectivity index (χ1) is 8.68. The van der Waals surface area contributed by atoms with E-state index in [0.717, 1.165) is 19.5 Å². The summed E-state index contributed by atoms with van der Waals surface area (Å²) >= 11 is 0. The second-order valence-corrected chi connectivity index (χ2v) is 4.96. The fraction of sp³-hybridized carbons (Fsp3) is 0.500. The molecule has 2 unspecified atom stereocenters. The van der Waals surface area contributed by atoms with Crippen molar-refractivity contribution in [1.29, 1.82) is 0 Å². The quantitative estimate of drug-likeness (QED) is 0.757. The summed E-state index contributed by atoms with van der Waals surface area (Å²) in [6, 6.07) is 6.63. The van der Waals surface area contributed by atoms with Crippen molar-refractivity contribution in [2.24, 2.45) is 11.8 Å². The molecule has 1 aliphatic rings. The van der Waals surface area contributed by atoms with E-state index in [1.807, 2.05) is 0 Å². The molecule has 4 heteroatoms. The molecule has 1 aromatic carbocycles. The minimum atomic E-state index is -0.196. The van der Waals surface area contributed by atoms with Crippen LogP contribution in [-0.4, -0.2) is 30.6 Å². The molecule has 0 aromatic heterocycles. The van der Waals surface area contributed by atoms with E-state index in [1.54, 1.807) is 18.2 Å². The first-order valence-corrected chi connectivity index (χ1v) is 6.45. The summed E-state index contributed by atoms with van der Waals surface area (Å²) in [5.74, 6) is 0.927. The topological polar surface area (TPSA) is 61.4 Å². The number of benzene rings is 1. The van der Waals surface area contributed by atoms with Gasteiger partial charge in [0, 0.05) is 6.54 Å². The Hall–Kier alpha value is -1.55. The van der Waals surface area contributed by atoms with Crippen LogP contribution in [0.2, 0.25) is 0 Å². The average molecular weight is 248 g/mol. The van der Waals surface area contributed by atoms with Gasteiger partial charge in [-0.1, -0.05) is 19.1 Å². The van der Waals surface area contributed by atoms with Gasteiger partial charge in [-0.15, -0.1) is 0 Å². The van der Waals surface area contributed by atoms with Crippen molar-refractivity contribution >= 4 is 5.91 Å². The van der Waals surface area contributed by atoms with Crippen molar-refractivity contribution < 1.29 is 9.90 Å². The summed E-state index contributed by atoms with van der Waals surface area (Å²) in [6.45, 7) is 4.90. The largest absolute Gasteiger partial charge is 0.507 e. The summed E-state index contributed by atoms with van der Waals surface area (Å²) in [5, 5.41) is 15.9. The van der Waals surface area contributed by atoms with Crippen LogP contribution in [0.4, 0.5) is 0 Å². The molecule has 0 aliphatic carbocycles. The fourth-order valence-corrected chi connectivity index (χ4v) is 2.36. The summed E-state index contributed by atoms with van der Waals surface area (Å²) in [6.07, 6.45) is 1.09. The highest BCUT2D eigenvalue weighted by molar-refractivity contribution is 5.96. The van der Waals surface area contributed by atoms with E-state index in [1.165, 1.54) is 6.07 Å². The zero-order valence-corrected chi connectivity index (χ0v) is 10.6. The van der Waals surface area contributed by atoms with Gasteiger partial charge in [-0.25, -0.2) is 0 Å². The molecule has 1 heterocycles. The standard InChI is InChI=1S/C14H20N2O2/c1-10-8-15-7-6-11(10)9-16-14(18)12-4-2-3-5-13(12)17/h2-5,10-11,15,17H,6-9H2,1H3,(H,16,18). The Kier molecular flexibility index (Phi) is 4.20. The van der Waals surface area contributed by atoms with Gasteiger partial charge in [0.25, 0.3) is 5.91 Å². The number of piperidine rings is 1. The molecule has 2 rings (SSSR count). The highest BCUT2D eigenvalue weighted by atomic mass is 16.3. The highest BCUT2D eigenvalue weighted by Crippen LogP contribution is 2.19. The fourth-order valence-electron chi connectivity index (χ4n) is 2.36. The van der Waals surface area contributed by atoms with Crippen LogP contribution >= 0.6 is 0 Å².